The highest BCUT2D eigenvalue weighted by Crippen LogP contribution is 2.22. The van der Waals surface area contributed by atoms with E-state index in [1.165, 1.54) is 32.1 Å². The minimum Gasteiger partial charge on any atom is -0.380 e. The predicted molar refractivity (Wildman–Crippen MR) is 55.4 cm³/mol. The van der Waals surface area contributed by atoms with Crippen molar-refractivity contribution in [3.8, 4) is 0 Å². The summed E-state index contributed by atoms with van der Waals surface area (Å²) in [6, 6.07) is 0.559. The summed E-state index contributed by atoms with van der Waals surface area (Å²) in [4.78, 5) is 0. The smallest absolute Gasteiger partial charge is 0.0724 e. The third kappa shape index (κ3) is 2.47. The lowest BCUT2D eigenvalue weighted by Gasteiger charge is -2.21. The first-order chi connectivity index (χ1) is 6.90. The third-order valence-corrected chi connectivity index (χ3v) is 3.39. The lowest BCUT2D eigenvalue weighted by Crippen LogP contribution is -2.40. The molecule has 82 valence electrons. The predicted octanol–water partition coefficient (Wildman–Crippen LogP) is 1.32. The van der Waals surface area contributed by atoms with Crippen molar-refractivity contribution in [2.45, 2.75) is 50.4 Å². The molecule has 1 saturated carbocycles. The van der Waals surface area contributed by atoms with E-state index < -0.39 is 0 Å². The number of rotatable bonds is 4. The van der Waals surface area contributed by atoms with E-state index in [1.807, 2.05) is 7.11 Å². The van der Waals surface area contributed by atoms with Gasteiger partial charge in [0.2, 0.25) is 0 Å². The highest BCUT2D eigenvalue weighted by atomic mass is 16.5. The Morgan fingerprint density at radius 1 is 1.29 bits per heavy atom. The summed E-state index contributed by atoms with van der Waals surface area (Å²) in [5, 5.41) is 3.57. The standard InChI is InChI=1S/C11H21NO2/c1-13-11-6-2-5-10(11)12-8-9-4-3-7-14-9/h9-12H,2-8H2,1H3. The van der Waals surface area contributed by atoms with Crippen LogP contribution in [0.25, 0.3) is 0 Å². The van der Waals surface area contributed by atoms with Gasteiger partial charge in [0.15, 0.2) is 0 Å². The van der Waals surface area contributed by atoms with Gasteiger partial charge in [-0.05, 0) is 32.1 Å². The van der Waals surface area contributed by atoms with E-state index in [2.05, 4.69) is 5.32 Å². The molecule has 0 aromatic carbocycles. The summed E-state index contributed by atoms with van der Waals surface area (Å²) in [5.41, 5.74) is 0. The van der Waals surface area contributed by atoms with Crippen LogP contribution in [0.1, 0.15) is 32.1 Å². The average Bonchev–Trinajstić information content (AvgIpc) is 2.85. The summed E-state index contributed by atoms with van der Waals surface area (Å²) in [6.07, 6.45) is 7.08. The zero-order valence-corrected chi connectivity index (χ0v) is 9.00. The Balaban J connectivity index is 1.68. The average molecular weight is 199 g/mol. The van der Waals surface area contributed by atoms with E-state index in [-0.39, 0.29) is 0 Å². The molecule has 1 heterocycles. The van der Waals surface area contributed by atoms with Crippen LogP contribution >= 0.6 is 0 Å². The molecule has 3 nitrogen and oxygen atoms in total. The van der Waals surface area contributed by atoms with Gasteiger partial charge in [0.1, 0.15) is 0 Å². The van der Waals surface area contributed by atoms with E-state index in [9.17, 15) is 0 Å². The van der Waals surface area contributed by atoms with Gasteiger partial charge in [0.05, 0.1) is 12.2 Å². The van der Waals surface area contributed by atoms with Gasteiger partial charge >= 0.3 is 0 Å². The van der Waals surface area contributed by atoms with Gasteiger partial charge in [-0.2, -0.15) is 0 Å². The Hall–Kier alpha value is -0.120. The zero-order valence-electron chi connectivity index (χ0n) is 9.00. The number of methoxy groups -OCH3 is 1. The molecule has 2 fully saturated rings. The van der Waals surface area contributed by atoms with Crippen molar-refractivity contribution in [2.24, 2.45) is 0 Å². The van der Waals surface area contributed by atoms with Crippen molar-refractivity contribution in [1.82, 2.24) is 5.32 Å². The molecule has 2 rings (SSSR count). The Bertz CT molecular complexity index is 169. The van der Waals surface area contributed by atoms with Crippen LogP contribution in [0.5, 0.6) is 0 Å². The van der Waals surface area contributed by atoms with Crippen molar-refractivity contribution in [1.29, 1.82) is 0 Å². The first kappa shape index (κ1) is 10.4. The van der Waals surface area contributed by atoms with Gasteiger partial charge in [-0.15, -0.1) is 0 Å². The van der Waals surface area contributed by atoms with Crippen LogP contribution in [0.4, 0.5) is 0 Å². The molecule has 0 radical (unpaired) electrons. The maximum absolute atomic E-state index is 5.58. The van der Waals surface area contributed by atoms with Crippen molar-refractivity contribution in [3.05, 3.63) is 0 Å². The topological polar surface area (TPSA) is 30.5 Å². The third-order valence-electron chi connectivity index (χ3n) is 3.39. The number of nitrogens with one attached hydrogen (secondary N) is 1. The fraction of sp³-hybridized carbons (Fsp3) is 1.00. The quantitative estimate of drug-likeness (QED) is 0.741. The lowest BCUT2D eigenvalue weighted by atomic mass is 10.2. The van der Waals surface area contributed by atoms with E-state index in [4.69, 9.17) is 9.47 Å². The summed E-state index contributed by atoms with van der Waals surface area (Å²) < 4.78 is 11.0. The molecular formula is C11H21NO2. The number of ether oxygens (including phenoxy) is 2. The van der Waals surface area contributed by atoms with Gasteiger partial charge < -0.3 is 14.8 Å². The summed E-state index contributed by atoms with van der Waals surface area (Å²) in [7, 11) is 1.82. The van der Waals surface area contributed by atoms with Gasteiger partial charge in [0, 0.05) is 26.3 Å². The molecule has 1 N–H and O–H groups in total. The van der Waals surface area contributed by atoms with Crippen LogP contribution in [0, 0.1) is 0 Å². The number of hydrogen-bond acceptors (Lipinski definition) is 3. The van der Waals surface area contributed by atoms with Crippen LogP contribution in [0.2, 0.25) is 0 Å². The fourth-order valence-electron chi connectivity index (χ4n) is 2.53. The van der Waals surface area contributed by atoms with Crippen LogP contribution < -0.4 is 5.32 Å². The molecule has 0 amide bonds. The van der Waals surface area contributed by atoms with Crippen molar-refractivity contribution in [3.63, 3.8) is 0 Å². The minimum atomic E-state index is 0.427. The molecule has 0 bridgehead atoms. The van der Waals surface area contributed by atoms with Crippen molar-refractivity contribution in [2.75, 3.05) is 20.3 Å². The summed E-state index contributed by atoms with van der Waals surface area (Å²) >= 11 is 0. The molecule has 0 aromatic rings. The first-order valence-electron chi connectivity index (χ1n) is 5.78. The Labute approximate surface area is 86.2 Å². The Morgan fingerprint density at radius 3 is 2.93 bits per heavy atom. The second-order valence-electron chi connectivity index (χ2n) is 4.35. The molecule has 3 unspecified atom stereocenters. The Kier molecular flexibility index (Phi) is 3.79. The molecule has 3 heteroatoms. The fourth-order valence-corrected chi connectivity index (χ4v) is 2.53. The molecule has 14 heavy (non-hydrogen) atoms. The lowest BCUT2D eigenvalue weighted by molar-refractivity contribution is 0.0705. The number of hydrogen-bond donors (Lipinski definition) is 1. The molecule has 0 aromatic heterocycles. The van der Waals surface area contributed by atoms with Crippen LogP contribution in [0.15, 0.2) is 0 Å². The largest absolute Gasteiger partial charge is 0.380 e. The minimum absolute atomic E-state index is 0.427. The van der Waals surface area contributed by atoms with Crippen LogP contribution in [-0.2, 0) is 9.47 Å². The second-order valence-corrected chi connectivity index (χ2v) is 4.35. The maximum atomic E-state index is 5.58. The summed E-state index contributed by atoms with van der Waals surface area (Å²) in [5.74, 6) is 0. The van der Waals surface area contributed by atoms with Gasteiger partial charge in [0.25, 0.3) is 0 Å². The normalized spacial score (nSPS) is 37.9. The van der Waals surface area contributed by atoms with Gasteiger partial charge in [-0.3, -0.25) is 0 Å². The first-order valence-corrected chi connectivity index (χ1v) is 5.78. The molecule has 3 atom stereocenters. The van der Waals surface area contributed by atoms with E-state index in [0.717, 1.165) is 13.2 Å². The Morgan fingerprint density at radius 2 is 2.21 bits per heavy atom. The van der Waals surface area contributed by atoms with Gasteiger partial charge in [-0.25, -0.2) is 0 Å². The van der Waals surface area contributed by atoms with E-state index in [1.54, 1.807) is 0 Å². The molecule has 1 aliphatic carbocycles. The monoisotopic (exact) mass is 199 g/mol. The molecule has 1 saturated heterocycles. The zero-order chi connectivity index (χ0) is 9.80. The molecule has 1 aliphatic heterocycles. The van der Waals surface area contributed by atoms with Crippen LogP contribution in [-0.4, -0.2) is 38.5 Å². The highest BCUT2D eigenvalue weighted by Gasteiger charge is 2.27. The summed E-state index contributed by atoms with van der Waals surface area (Å²) in [6.45, 7) is 1.95. The molecule has 0 spiro atoms. The molecule has 2 aliphatic rings. The van der Waals surface area contributed by atoms with Crippen LogP contribution in [0.3, 0.4) is 0 Å². The van der Waals surface area contributed by atoms with E-state index in [0.29, 0.717) is 18.2 Å². The van der Waals surface area contributed by atoms with Crippen molar-refractivity contribution >= 4 is 0 Å². The van der Waals surface area contributed by atoms with Gasteiger partial charge in [-0.1, -0.05) is 0 Å². The van der Waals surface area contributed by atoms with Crippen molar-refractivity contribution < 1.29 is 9.47 Å². The molecular weight excluding hydrogens is 178 g/mol. The maximum Gasteiger partial charge on any atom is 0.0724 e. The second kappa shape index (κ2) is 5.10. The SMILES string of the molecule is COC1CCCC1NCC1CCCO1. The highest BCUT2D eigenvalue weighted by molar-refractivity contribution is 4.85. The van der Waals surface area contributed by atoms with E-state index >= 15 is 0 Å².